The average molecular weight is 169 g/mol. The molecule has 4 nitrogen and oxygen atoms in total. The first-order valence-corrected chi connectivity index (χ1v) is 3.47. The number of imidazole rings is 1. The Balaban J connectivity index is 2.94. The molecule has 2 rings (SSSR count). The van der Waals surface area contributed by atoms with Crippen LogP contribution in [-0.2, 0) is 0 Å². The molecule has 0 unspecified atom stereocenters. The Morgan fingerprint density at radius 1 is 1.45 bits per heavy atom. The highest BCUT2D eigenvalue weighted by Gasteiger charge is 2.02. The lowest BCUT2D eigenvalue weighted by molar-refractivity contribution is 0.881. The molecule has 0 aromatic carbocycles. The van der Waals surface area contributed by atoms with Crippen molar-refractivity contribution < 1.29 is 0 Å². The fraction of sp³-hybridized carbons (Fsp3) is 0.167. The van der Waals surface area contributed by atoms with Gasteiger partial charge in [0.05, 0.1) is 11.9 Å². The van der Waals surface area contributed by atoms with Gasteiger partial charge in [0.1, 0.15) is 6.33 Å². The minimum Gasteiger partial charge on any atom is -0.236 e. The predicted octanol–water partition coefficient (Wildman–Crippen LogP) is 1.09. The molecule has 56 valence electrons. The number of hydrogen-bond donors (Lipinski definition) is 0. The lowest BCUT2D eigenvalue weighted by Gasteiger charge is -1.93. The third-order valence-electron chi connectivity index (χ3n) is 1.44. The van der Waals surface area contributed by atoms with E-state index in [4.69, 9.17) is 11.6 Å². The van der Waals surface area contributed by atoms with Crippen molar-refractivity contribution in [1.29, 1.82) is 0 Å². The quantitative estimate of drug-likeness (QED) is 0.592. The van der Waals surface area contributed by atoms with Crippen LogP contribution in [0.5, 0.6) is 0 Å². The van der Waals surface area contributed by atoms with Crippen LogP contribution in [0.4, 0.5) is 0 Å². The number of aryl methyl sites for hydroxylation is 1. The van der Waals surface area contributed by atoms with Crippen LogP contribution in [0.15, 0.2) is 12.5 Å². The standard InChI is InChI=1S/C6H5ClN4/c1-4-6-8-2-5(7)11(6)10-3-9-4/h2-3H,1H3. The summed E-state index contributed by atoms with van der Waals surface area (Å²) in [5.41, 5.74) is 1.53. The zero-order chi connectivity index (χ0) is 7.84. The minimum atomic E-state index is 0.505. The second-order valence-electron chi connectivity index (χ2n) is 2.16. The van der Waals surface area contributed by atoms with Crippen LogP contribution in [0, 0.1) is 6.92 Å². The molecule has 0 aliphatic heterocycles. The number of aromatic nitrogens is 4. The van der Waals surface area contributed by atoms with Crippen LogP contribution in [-0.4, -0.2) is 19.6 Å². The highest BCUT2D eigenvalue weighted by atomic mass is 35.5. The van der Waals surface area contributed by atoms with Crippen molar-refractivity contribution in [2.24, 2.45) is 0 Å². The number of fused-ring (bicyclic) bond motifs is 1. The van der Waals surface area contributed by atoms with Gasteiger partial charge in [-0.1, -0.05) is 11.6 Å². The van der Waals surface area contributed by atoms with E-state index in [-0.39, 0.29) is 0 Å². The monoisotopic (exact) mass is 168 g/mol. The van der Waals surface area contributed by atoms with Crippen molar-refractivity contribution in [3.63, 3.8) is 0 Å². The minimum absolute atomic E-state index is 0.505. The summed E-state index contributed by atoms with van der Waals surface area (Å²) in [6.45, 7) is 1.86. The zero-order valence-corrected chi connectivity index (χ0v) is 6.58. The molecule has 0 saturated carbocycles. The van der Waals surface area contributed by atoms with Gasteiger partial charge in [0, 0.05) is 0 Å². The first kappa shape index (κ1) is 6.54. The molecule has 0 radical (unpaired) electrons. The maximum Gasteiger partial charge on any atom is 0.176 e. The maximum atomic E-state index is 5.75. The van der Waals surface area contributed by atoms with Crippen molar-refractivity contribution in [3.8, 4) is 0 Å². The van der Waals surface area contributed by atoms with Crippen LogP contribution >= 0.6 is 11.6 Å². The second-order valence-corrected chi connectivity index (χ2v) is 2.55. The smallest absolute Gasteiger partial charge is 0.176 e. The number of nitrogens with zero attached hydrogens (tertiary/aromatic N) is 4. The Morgan fingerprint density at radius 2 is 2.27 bits per heavy atom. The first-order valence-electron chi connectivity index (χ1n) is 3.10. The molecule has 2 aromatic heterocycles. The first-order chi connectivity index (χ1) is 5.29. The molecule has 0 bridgehead atoms. The number of halogens is 1. The molecule has 0 saturated heterocycles. The van der Waals surface area contributed by atoms with Gasteiger partial charge in [-0.15, -0.1) is 0 Å². The maximum absolute atomic E-state index is 5.75. The van der Waals surface area contributed by atoms with Gasteiger partial charge in [-0.2, -0.15) is 9.61 Å². The van der Waals surface area contributed by atoms with Gasteiger partial charge in [0.2, 0.25) is 0 Å². The largest absolute Gasteiger partial charge is 0.236 e. The molecule has 0 fully saturated rings. The van der Waals surface area contributed by atoms with Crippen LogP contribution < -0.4 is 0 Å². The molecule has 0 amide bonds. The lowest BCUT2D eigenvalue weighted by atomic mass is 10.5. The molecule has 2 heterocycles. The zero-order valence-electron chi connectivity index (χ0n) is 5.82. The average Bonchev–Trinajstić information content (AvgIpc) is 2.35. The molecular formula is C6H5ClN4. The summed E-state index contributed by atoms with van der Waals surface area (Å²) in [4.78, 5) is 7.99. The van der Waals surface area contributed by atoms with E-state index in [1.807, 2.05) is 6.92 Å². The summed E-state index contributed by atoms with van der Waals surface area (Å²) in [6, 6.07) is 0. The summed E-state index contributed by atoms with van der Waals surface area (Å²) in [6.07, 6.45) is 3.01. The van der Waals surface area contributed by atoms with E-state index in [2.05, 4.69) is 15.1 Å². The summed E-state index contributed by atoms with van der Waals surface area (Å²) >= 11 is 5.75. The number of hydrogen-bond acceptors (Lipinski definition) is 3. The molecular weight excluding hydrogens is 164 g/mol. The third kappa shape index (κ3) is 0.867. The van der Waals surface area contributed by atoms with E-state index in [9.17, 15) is 0 Å². The summed E-state index contributed by atoms with van der Waals surface area (Å²) in [7, 11) is 0. The lowest BCUT2D eigenvalue weighted by Crippen LogP contribution is -1.95. The molecule has 0 aliphatic rings. The van der Waals surface area contributed by atoms with Gasteiger partial charge in [0.15, 0.2) is 10.8 Å². The topological polar surface area (TPSA) is 43.1 Å². The highest BCUT2D eigenvalue weighted by Crippen LogP contribution is 2.10. The van der Waals surface area contributed by atoms with E-state index < -0.39 is 0 Å². The highest BCUT2D eigenvalue weighted by molar-refractivity contribution is 6.29. The van der Waals surface area contributed by atoms with Gasteiger partial charge >= 0.3 is 0 Å². The summed E-state index contributed by atoms with van der Waals surface area (Å²) < 4.78 is 1.55. The van der Waals surface area contributed by atoms with E-state index in [1.165, 1.54) is 6.33 Å². The predicted molar refractivity (Wildman–Crippen MR) is 40.5 cm³/mol. The van der Waals surface area contributed by atoms with Gasteiger partial charge < -0.3 is 0 Å². The molecule has 2 aromatic rings. The Hall–Kier alpha value is -1.16. The van der Waals surface area contributed by atoms with E-state index in [1.54, 1.807) is 10.7 Å². The molecule has 0 atom stereocenters. The molecule has 0 aliphatic carbocycles. The fourth-order valence-electron chi connectivity index (χ4n) is 0.903. The van der Waals surface area contributed by atoms with Crippen LogP contribution in [0.25, 0.3) is 5.65 Å². The van der Waals surface area contributed by atoms with Gasteiger partial charge in [0.25, 0.3) is 0 Å². The SMILES string of the molecule is Cc1ncnn2c(Cl)cnc12. The molecule has 0 spiro atoms. The Morgan fingerprint density at radius 3 is 3.00 bits per heavy atom. The Labute approximate surface area is 67.8 Å². The Bertz CT molecular complexity index is 394. The fourth-order valence-corrected chi connectivity index (χ4v) is 1.08. The van der Waals surface area contributed by atoms with Gasteiger partial charge in [-0.05, 0) is 6.92 Å². The normalized spacial score (nSPS) is 10.7. The second kappa shape index (κ2) is 2.17. The van der Waals surface area contributed by atoms with Crippen molar-refractivity contribution >= 4 is 17.2 Å². The van der Waals surface area contributed by atoms with Crippen molar-refractivity contribution in [3.05, 3.63) is 23.4 Å². The van der Waals surface area contributed by atoms with E-state index >= 15 is 0 Å². The van der Waals surface area contributed by atoms with Crippen molar-refractivity contribution in [1.82, 2.24) is 19.6 Å². The summed E-state index contributed by atoms with van der Waals surface area (Å²) in [5, 5.41) is 4.42. The van der Waals surface area contributed by atoms with Gasteiger partial charge in [-0.3, -0.25) is 0 Å². The van der Waals surface area contributed by atoms with Crippen molar-refractivity contribution in [2.75, 3.05) is 0 Å². The molecule has 11 heavy (non-hydrogen) atoms. The van der Waals surface area contributed by atoms with Gasteiger partial charge in [-0.25, -0.2) is 9.97 Å². The number of rotatable bonds is 0. The van der Waals surface area contributed by atoms with Crippen LogP contribution in [0.1, 0.15) is 5.69 Å². The summed E-state index contributed by atoms with van der Waals surface area (Å²) in [5.74, 6) is 0. The van der Waals surface area contributed by atoms with E-state index in [0.717, 1.165) is 5.69 Å². The third-order valence-corrected chi connectivity index (χ3v) is 1.70. The van der Waals surface area contributed by atoms with E-state index in [0.29, 0.717) is 10.8 Å². The van der Waals surface area contributed by atoms with Crippen LogP contribution in [0.2, 0.25) is 5.15 Å². The van der Waals surface area contributed by atoms with Crippen LogP contribution in [0.3, 0.4) is 0 Å². The Kier molecular flexibility index (Phi) is 1.29. The van der Waals surface area contributed by atoms with Crippen molar-refractivity contribution in [2.45, 2.75) is 6.92 Å². The molecule has 5 heteroatoms. The molecule has 0 N–H and O–H groups in total.